The highest BCUT2D eigenvalue weighted by Crippen LogP contribution is 2.00. The Morgan fingerprint density at radius 2 is 2.05 bits per heavy atom. The van der Waals surface area contributed by atoms with Crippen LogP contribution in [-0.4, -0.2) is 54.9 Å². The van der Waals surface area contributed by atoms with Gasteiger partial charge in [-0.2, -0.15) is 11.8 Å². The molecule has 0 aliphatic carbocycles. The molecule has 0 spiro atoms. The van der Waals surface area contributed by atoms with Crippen molar-refractivity contribution in [1.29, 1.82) is 0 Å². The fourth-order valence-electron chi connectivity index (χ4n) is 1.40. The van der Waals surface area contributed by atoms with Crippen molar-refractivity contribution in [2.24, 2.45) is 5.92 Å². The van der Waals surface area contributed by atoms with Crippen molar-refractivity contribution in [2.75, 3.05) is 31.8 Å². The molecule has 0 rings (SSSR count). The van der Waals surface area contributed by atoms with Crippen LogP contribution in [0, 0.1) is 5.92 Å². The van der Waals surface area contributed by atoms with Crippen molar-refractivity contribution < 1.29 is 19.4 Å². The van der Waals surface area contributed by atoms with E-state index in [1.165, 1.54) is 0 Å². The molecular weight excluding hydrogens is 280 g/mol. The van der Waals surface area contributed by atoms with Crippen molar-refractivity contribution in [2.45, 2.75) is 32.7 Å². The van der Waals surface area contributed by atoms with E-state index in [0.29, 0.717) is 44.3 Å². The molecule has 6 nitrogen and oxygen atoms in total. The van der Waals surface area contributed by atoms with Crippen molar-refractivity contribution in [1.82, 2.24) is 10.6 Å². The van der Waals surface area contributed by atoms with E-state index in [1.54, 1.807) is 11.8 Å². The lowest BCUT2D eigenvalue weighted by atomic mass is 10.2. The Morgan fingerprint density at radius 1 is 1.35 bits per heavy atom. The Bertz CT molecular complexity index is 288. The molecule has 0 aromatic carbocycles. The molecule has 0 saturated carbocycles. The zero-order chi connectivity index (χ0) is 15.4. The van der Waals surface area contributed by atoms with E-state index >= 15 is 0 Å². The summed E-state index contributed by atoms with van der Waals surface area (Å²) >= 11 is 1.55. The lowest BCUT2D eigenvalue weighted by Gasteiger charge is -2.14. The van der Waals surface area contributed by atoms with Crippen LogP contribution in [0.3, 0.4) is 0 Å². The molecule has 2 amide bonds. The van der Waals surface area contributed by atoms with Crippen LogP contribution < -0.4 is 10.6 Å². The highest BCUT2D eigenvalue weighted by atomic mass is 32.2. The smallest absolute Gasteiger partial charge is 0.326 e. The minimum Gasteiger partial charge on any atom is -0.480 e. The van der Waals surface area contributed by atoms with Gasteiger partial charge in [-0.05, 0) is 30.8 Å². The van der Waals surface area contributed by atoms with Crippen molar-refractivity contribution in [3.63, 3.8) is 0 Å². The third kappa shape index (κ3) is 10.9. The van der Waals surface area contributed by atoms with Crippen LogP contribution in [0.4, 0.5) is 4.79 Å². The Kier molecular flexibility index (Phi) is 11.3. The van der Waals surface area contributed by atoms with Gasteiger partial charge in [0.25, 0.3) is 0 Å². The van der Waals surface area contributed by atoms with E-state index in [1.807, 2.05) is 6.26 Å². The Balaban J connectivity index is 3.71. The summed E-state index contributed by atoms with van der Waals surface area (Å²) in [6, 6.07) is -1.28. The van der Waals surface area contributed by atoms with Gasteiger partial charge in [0.1, 0.15) is 6.04 Å². The number of amides is 2. The number of nitrogens with one attached hydrogen (secondary N) is 2. The predicted molar refractivity (Wildman–Crippen MR) is 81.2 cm³/mol. The standard InChI is InChI=1S/C13H26N2O4S/c1-10(2)9-19-7-4-6-14-13(18)15-11(12(16)17)5-8-20-3/h10-11H,4-9H2,1-3H3,(H,16,17)(H2,14,15,18)/t11-/m0/s1. The van der Waals surface area contributed by atoms with E-state index in [2.05, 4.69) is 24.5 Å². The highest BCUT2D eigenvalue weighted by Gasteiger charge is 2.18. The third-order valence-corrected chi connectivity index (χ3v) is 3.06. The van der Waals surface area contributed by atoms with Gasteiger partial charge < -0.3 is 20.5 Å². The van der Waals surface area contributed by atoms with Crippen molar-refractivity contribution in [3.8, 4) is 0 Å². The summed E-state index contributed by atoms with van der Waals surface area (Å²) in [7, 11) is 0. The van der Waals surface area contributed by atoms with Gasteiger partial charge in [-0.25, -0.2) is 9.59 Å². The number of rotatable bonds is 11. The van der Waals surface area contributed by atoms with Gasteiger partial charge in [0.15, 0.2) is 0 Å². The van der Waals surface area contributed by atoms with Crippen molar-refractivity contribution >= 4 is 23.8 Å². The first-order chi connectivity index (χ1) is 9.47. The quantitative estimate of drug-likeness (QED) is 0.504. The van der Waals surface area contributed by atoms with Gasteiger partial charge in [0.05, 0.1) is 0 Å². The van der Waals surface area contributed by atoms with E-state index < -0.39 is 18.0 Å². The highest BCUT2D eigenvalue weighted by molar-refractivity contribution is 7.98. The number of urea groups is 1. The number of carboxylic acid groups (broad SMARTS) is 1. The molecule has 0 heterocycles. The zero-order valence-corrected chi connectivity index (χ0v) is 13.3. The zero-order valence-electron chi connectivity index (χ0n) is 12.5. The number of carboxylic acids is 1. The average Bonchev–Trinajstić information content (AvgIpc) is 2.37. The van der Waals surface area contributed by atoms with Crippen LogP contribution in [0.1, 0.15) is 26.7 Å². The molecule has 0 bridgehead atoms. The summed E-state index contributed by atoms with van der Waals surface area (Å²) in [5.74, 6) is 0.189. The van der Waals surface area contributed by atoms with Gasteiger partial charge in [0, 0.05) is 19.8 Å². The normalized spacial score (nSPS) is 12.2. The summed E-state index contributed by atoms with van der Waals surface area (Å²) in [5, 5.41) is 14.1. The predicted octanol–water partition coefficient (Wildman–Crippen LogP) is 1.55. The summed E-state index contributed by atoms with van der Waals surface area (Å²) < 4.78 is 5.38. The van der Waals surface area contributed by atoms with E-state index in [9.17, 15) is 9.59 Å². The molecule has 118 valence electrons. The van der Waals surface area contributed by atoms with Crippen LogP contribution in [0.5, 0.6) is 0 Å². The Hall–Kier alpha value is -0.950. The number of thioether (sulfide) groups is 1. The molecule has 0 radical (unpaired) electrons. The van der Waals surface area contributed by atoms with Crippen molar-refractivity contribution in [3.05, 3.63) is 0 Å². The van der Waals surface area contributed by atoms with Gasteiger partial charge in [-0.3, -0.25) is 0 Å². The third-order valence-electron chi connectivity index (χ3n) is 2.42. The van der Waals surface area contributed by atoms with Gasteiger partial charge in [0.2, 0.25) is 0 Å². The second-order valence-corrected chi connectivity index (χ2v) is 5.88. The Labute approximate surface area is 125 Å². The van der Waals surface area contributed by atoms with Gasteiger partial charge >= 0.3 is 12.0 Å². The molecule has 0 unspecified atom stereocenters. The largest absolute Gasteiger partial charge is 0.480 e. The van der Waals surface area contributed by atoms with Crippen LogP contribution in [0.15, 0.2) is 0 Å². The summed E-state index contributed by atoms with van der Waals surface area (Å²) in [5.41, 5.74) is 0. The number of carbonyl (C=O) groups excluding carboxylic acids is 1. The maximum atomic E-state index is 11.5. The van der Waals surface area contributed by atoms with Crippen LogP contribution in [-0.2, 0) is 9.53 Å². The van der Waals surface area contributed by atoms with E-state index in [0.717, 1.165) is 0 Å². The minimum atomic E-state index is -1.01. The molecular formula is C13H26N2O4S. The average molecular weight is 306 g/mol. The number of aliphatic carboxylic acids is 1. The van der Waals surface area contributed by atoms with Gasteiger partial charge in [-0.1, -0.05) is 13.8 Å². The number of hydrogen-bond donors (Lipinski definition) is 3. The number of carbonyl (C=O) groups is 2. The summed E-state index contributed by atoms with van der Waals surface area (Å²) in [6.07, 6.45) is 3.03. The molecule has 0 aromatic heterocycles. The van der Waals surface area contributed by atoms with Gasteiger partial charge in [-0.15, -0.1) is 0 Å². The molecule has 0 saturated heterocycles. The monoisotopic (exact) mass is 306 g/mol. The first-order valence-corrected chi connectivity index (χ1v) is 8.20. The molecule has 7 heteroatoms. The number of ether oxygens (including phenoxy) is 1. The Morgan fingerprint density at radius 3 is 2.60 bits per heavy atom. The summed E-state index contributed by atoms with van der Waals surface area (Å²) in [4.78, 5) is 22.5. The molecule has 0 aliphatic heterocycles. The first kappa shape index (κ1) is 19.1. The second kappa shape index (κ2) is 11.8. The molecule has 0 aromatic rings. The molecule has 20 heavy (non-hydrogen) atoms. The maximum absolute atomic E-state index is 11.5. The molecule has 0 fully saturated rings. The van der Waals surface area contributed by atoms with E-state index in [4.69, 9.17) is 9.84 Å². The number of hydrogen-bond acceptors (Lipinski definition) is 4. The molecule has 3 N–H and O–H groups in total. The fraction of sp³-hybridized carbons (Fsp3) is 0.846. The van der Waals surface area contributed by atoms with Crippen LogP contribution >= 0.6 is 11.8 Å². The molecule has 1 atom stereocenters. The summed E-state index contributed by atoms with van der Waals surface area (Å²) in [6.45, 7) is 5.92. The fourth-order valence-corrected chi connectivity index (χ4v) is 1.87. The lowest BCUT2D eigenvalue weighted by molar-refractivity contribution is -0.139. The first-order valence-electron chi connectivity index (χ1n) is 6.81. The van der Waals surface area contributed by atoms with Crippen LogP contribution in [0.2, 0.25) is 0 Å². The molecule has 0 aliphatic rings. The van der Waals surface area contributed by atoms with Crippen LogP contribution in [0.25, 0.3) is 0 Å². The lowest BCUT2D eigenvalue weighted by Crippen LogP contribution is -2.46. The topological polar surface area (TPSA) is 87.7 Å². The SMILES string of the molecule is CSCC[C@H](NC(=O)NCCCOCC(C)C)C(=O)O. The maximum Gasteiger partial charge on any atom is 0.326 e. The second-order valence-electron chi connectivity index (χ2n) is 4.89. The van der Waals surface area contributed by atoms with E-state index in [-0.39, 0.29) is 0 Å². The minimum absolute atomic E-state index is 0.418.